The summed E-state index contributed by atoms with van der Waals surface area (Å²) in [5.41, 5.74) is 1.89. The molecule has 6 nitrogen and oxygen atoms in total. The van der Waals surface area contributed by atoms with Gasteiger partial charge in [0.05, 0.1) is 7.11 Å². The number of benzene rings is 2. The lowest BCUT2D eigenvalue weighted by Gasteiger charge is -2.30. The van der Waals surface area contributed by atoms with Crippen molar-refractivity contribution >= 4 is 11.8 Å². The predicted octanol–water partition coefficient (Wildman–Crippen LogP) is 2.15. The van der Waals surface area contributed by atoms with E-state index >= 15 is 0 Å². The molecule has 28 heavy (non-hydrogen) atoms. The number of aliphatic hydroxyl groups excluding tert-OH is 1. The molecular weight excluding hydrogens is 356 g/mol. The van der Waals surface area contributed by atoms with E-state index in [1.807, 2.05) is 54.6 Å². The van der Waals surface area contributed by atoms with Gasteiger partial charge in [0.25, 0.3) is 0 Å². The molecule has 1 unspecified atom stereocenters. The van der Waals surface area contributed by atoms with Crippen LogP contribution in [0.5, 0.6) is 5.75 Å². The lowest BCUT2D eigenvalue weighted by Crippen LogP contribution is -2.50. The van der Waals surface area contributed by atoms with Crippen LogP contribution >= 0.6 is 0 Å². The van der Waals surface area contributed by atoms with Crippen molar-refractivity contribution in [1.82, 2.24) is 10.2 Å². The number of carbonyl (C=O) groups excluding carboxylic acids is 2. The molecule has 0 fully saturated rings. The van der Waals surface area contributed by atoms with Crippen LogP contribution in [0.15, 0.2) is 54.6 Å². The van der Waals surface area contributed by atoms with Crippen LogP contribution < -0.4 is 10.1 Å². The Labute approximate surface area is 166 Å². The maximum Gasteiger partial charge on any atom is 0.243 e. The van der Waals surface area contributed by atoms with Crippen molar-refractivity contribution in [3.8, 4) is 5.75 Å². The van der Waals surface area contributed by atoms with Crippen molar-refractivity contribution in [2.45, 2.75) is 32.4 Å². The standard InChI is InChI=1S/C22H28N2O4/c1-17(26)24(16-19-9-11-20(28-2)12-10-19)21(22(27)23-13-6-14-25)15-18-7-4-3-5-8-18/h3-5,7-12,21,25H,6,13-16H2,1-2H3,(H,23,27). The zero-order chi connectivity index (χ0) is 20.4. The summed E-state index contributed by atoms with van der Waals surface area (Å²) in [5.74, 6) is 0.343. The highest BCUT2D eigenvalue weighted by atomic mass is 16.5. The summed E-state index contributed by atoms with van der Waals surface area (Å²) in [4.78, 5) is 26.9. The molecule has 2 rings (SSSR count). The van der Waals surface area contributed by atoms with Gasteiger partial charge in [-0.3, -0.25) is 9.59 Å². The van der Waals surface area contributed by atoms with E-state index in [4.69, 9.17) is 9.84 Å². The summed E-state index contributed by atoms with van der Waals surface area (Å²) in [6.45, 7) is 2.17. The highest BCUT2D eigenvalue weighted by molar-refractivity contribution is 5.87. The van der Waals surface area contributed by atoms with Crippen molar-refractivity contribution < 1.29 is 19.4 Å². The van der Waals surface area contributed by atoms with E-state index in [0.717, 1.165) is 16.9 Å². The van der Waals surface area contributed by atoms with Crippen LogP contribution in [-0.4, -0.2) is 48.1 Å². The number of nitrogens with one attached hydrogen (secondary N) is 1. The molecule has 0 bridgehead atoms. The van der Waals surface area contributed by atoms with Crippen LogP contribution in [0.2, 0.25) is 0 Å². The SMILES string of the molecule is COc1ccc(CN(C(C)=O)C(Cc2ccccc2)C(=O)NCCCO)cc1. The van der Waals surface area contributed by atoms with Gasteiger partial charge in [0.2, 0.25) is 11.8 Å². The average Bonchev–Trinajstić information content (AvgIpc) is 2.71. The van der Waals surface area contributed by atoms with E-state index in [0.29, 0.717) is 25.9 Å². The van der Waals surface area contributed by atoms with Gasteiger partial charge in [-0.25, -0.2) is 0 Å². The number of rotatable bonds is 10. The second-order valence-electron chi connectivity index (χ2n) is 6.57. The van der Waals surface area contributed by atoms with Crippen LogP contribution in [0.1, 0.15) is 24.5 Å². The van der Waals surface area contributed by atoms with Gasteiger partial charge in [-0.2, -0.15) is 0 Å². The first-order valence-electron chi connectivity index (χ1n) is 9.37. The molecule has 0 radical (unpaired) electrons. The summed E-state index contributed by atoms with van der Waals surface area (Å²) in [6, 6.07) is 16.4. The van der Waals surface area contributed by atoms with Crippen LogP contribution in [0, 0.1) is 0 Å². The monoisotopic (exact) mass is 384 g/mol. The van der Waals surface area contributed by atoms with Crippen molar-refractivity contribution in [3.63, 3.8) is 0 Å². The fourth-order valence-electron chi connectivity index (χ4n) is 2.96. The molecular formula is C22H28N2O4. The minimum atomic E-state index is -0.638. The Morgan fingerprint density at radius 2 is 1.75 bits per heavy atom. The molecule has 0 saturated heterocycles. The summed E-state index contributed by atoms with van der Waals surface area (Å²) < 4.78 is 5.18. The molecule has 0 aliphatic carbocycles. The van der Waals surface area contributed by atoms with Crippen molar-refractivity contribution in [2.24, 2.45) is 0 Å². The van der Waals surface area contributed by atoms with Gasteiger partial charge in [0, 0.05) is 33.0 Å². The van der Waals surface area contributed by atoms with E-state index < -0.39 is 6.04 Å². The number of aliphatic hydroxyl groups is 1. The topological polar surface area (TPSA) is 78.9 Å². The maximum absolute atomic E-state index is 12.9. The van der Waals surface area contributed by atoms with E-state index in [2.05, 4.69) is 5.32 Å². The Morgan fingerprint density at radius 1 is 1.07 bits per heavy atom. The Kier molecular flexibility index (Phi) is 8.49. The Morgan fingerprint density at radius 3 is 2.32 bits per heavy atom. The summed E-state index contributed by atoms with van der Waals surface area (Å²) in [7, 11) is 1.60. The van der Waals surface area contributed by atoms with Gasteiger partial charge in [0.1, 0.15) is 11.8 Å². The number of nitrogens with zero attached hydrogens (tertiary/aromatic N) is 1. The highest BCUT2D eigenvalue weighted by Gasteiger charge is 2.28. The normalized spacial score (nSPS) is 11.5. The Bertz CT molecular complexity index is 747. The molecule has 2 aromatic rings. The molecule has 0 saturated carbocycles. The highest BCUT2D eigenvalue weighted by Crippen LogP contribution is 2.17. The van der Waals surface area contributed by atoms with E-state index in [-0.39, 0.29) is 18.4 Å². The number of methoxy groups -OCH3 is 1. The zero-order valence-electron chi connectivity index (χ0n) is 16.4. The van der Waals surface area contributed by atoms with Crippen LogP contribution in [-0.2, 0) is 22.6 Å². The second kappa shape index (κ2) is 11.1. The summed E-state index contributed by atoms with van der Waals surface area (Å²) in [6.07, 6.45) is 0.893. The van der Waals surface area contributed by atoms with E-state index in [9.17, 15) is 9.59 Å². The number of hydrogen-bond acceptors (Lipinski definition) is 4. The molecule has 0 heterocycles. The van der Waals surface area contributed by atoms with Gasteiger partial charge >= 0.3 is 0 Å². The first-order chi connectivity index (χ1) is 13.5. The third kappa shape index (κ3) is 6.39. The number of ether oxygens (including phenoxy) is 1. The first-order valence-corrected chi connectivity index (χ1v) is 9.37. The maximum atomic E-state index is 12.9. The predicted molar refractivity (Wildman–Crippen MR) is 108 cm³/mol. The molecule has 0 aliphatic rings. The number of carbonyl (C=O) groups is 2. The van der Waals surface area contributed by atoms with Crippen molar-refractivity contribution in [1.29, 1.82) is 0 Å². The van der Waals surface area contributed by atoms with Gasteiger partial charge < -0.3 is 20.1 Å². The third-order valence-corrected chi connectivity index (χ3v) is 4.50. The molecule has 0 aliphatic heterocycles. The van der Waals surface area contributed by atoms with E-state index in [1.165, 1.54) is 6.92 Å². The smallest absolute Gasteiger partial charge is 0.243 e. The molecule has 6 heteroatoms. The van der Waals surface area contributed by atoms with Gasteiger partial charge in [-0.15, -0.1) is 0 Å². The summed E-state index contributed by atoms with van der Waals surface area (Å²) in [5, 5.41) is 11.8. The fourth-order valence-corrected chi connectivity index (χ4v) is 2.96. The Hall–Kier alpha value is -2.86. The fraction of sp³-hybridized carbons (Fsp3) is 0.364. The molecule has 2 amide bonds. The van der Waals surface area contributed by atoms with Crippen LogP contribution in [0.25, 0.3) is 0 Å². The first kappa shape index (κ1) is 21.4. The lowest BCUT2D eigenvalue weighted by molar-refractivity contribution is -0.139. The van der Waals surface area contributed by atoms with Crippen LogP contribution in [0.4, 0.5) is 0 Å². The van der Waals surface area contributed by atoms with Crippen molar-refractivity contribution in [3.05, 3.63) is 65.7 Å². The minimum Gasteiger partial charge on any atom is -0.497 e. The number of amides is 2. The van der Waals surface area contributed by atoms with Crippen molar-refractivity contribution in [2.75, 3.05) is 20.3 Å². The second-order valence-corrected chi connectivity index (χ2v) is 6.57. The number of hydrogen-bond donors (Lipinski definition) is 2. The van der Waals surface area contributed by atoms with Gasteiger partial charge in [-0.1, -0.05) is 42.5 Å². The minimum absolute atomic E-state index is 0.00586. The lowest BCUT2D eigenvalue weighted by atomic mass is 10.0. The van der Waals surface area contributed by atoms with Crippen LogP contribution in [0.3, 0.4) is 0 Å². The van der Waals surface area contributed by atoms with Gasteiger partial charge in [0.15, 0.2) is 0 Å². The molecule has 1 atom stereocenters. The molecule has 2 N–H and O–H groups in total. The molecule has 0 spiro atoms. The average molecular weight is 384 g/mol. The third-order valence-electron chi connectivity index (χ3n) is 4.50. The largest absolute Gasteiger partial charge is 0.497 e. The molecule has 150 valence electrons. The molecule has 2 aromatic carbocycles. The quantitative estimate of drug-likeness (QED) is 0.615. The van der Waals surface area contributed by atoms with Gasteiger partial charge in [-0.05, 0) is 29.7 Å². The summed E-state index contributed by atoms with van der Waals surface area (Å²) >= 11 is 0. The molecule has 0 aromatic heterocycles. The zero-order valence-corrected chi connectivity index (χ0v) is 16.4. The Balaban J connectivity index is 2.23. The van der Waals surface area contributed by atoms with E-state index in [1.54, 1.807) is 12.0 Å².